The lowest BCUT2D eigenvalue weighted by atomic mass is 10.1. The van der Waals surface area contributed by atoms with E-state index in [1.54, 1.807) is 12.1 Å². The summed E-state index contributed by atoms with van der Waals surface area (Å²) in [4.78, 5) is 12.2. The summed E-state index contributed by atoms with van der Waals surface area (Å²) in [5.41, 5.74) is 1.37. The summed E-state index contributed by atoms with van der Waals surface area (Å²) in [5, 5.41) is 5.68. The van der Waals surface area contributed by atoms with Crippen LogP contribution in [0.3, 0.4) is 0 Å². The quantitative estimate of drug-likeness (QED) is 0.709. The van der Waals surface area contributed by atoms with E-state index in [1.165, 1.54) is 33.3 Å². The summed E-state index contributed by atoms with van der Waals surface area (Å²) in [6.07, 6.45) is -0.683. The molecule has 0 spiro atoms. The number of carbonyl (C=O) groups is 1. The average Bonchev–Trinajstić information content (AvgIpc) is 3.19. The van der Waals surface area contributed by atoms with Crippen LogP contribution in [-0.2, 0) is 9.53 Å². The van der Waals surface area contributed by atoms with E-state index in [0.29, 0.717) is 29.4 Å². The van der Waals surface area contributed by atoms with Crippen molar-refractivity contribution in [3.8, 4) is 23.0 Å². The van der Waals surface area contributed by atoms with Crippen LogP contribution in [0.5, 0.6) is 23.0 Å². The molecule has 29 heavy (non-hydrogen) atoms. The molecule has 0 saturated carbocycles. The van der Waals surface area contributed by atoms with Crippen molar-refractivity contribution in [3.05, 3.63) is 47.5 Å². The van der Waals surface area contributed by atoms with Crippen LogP contribution in [0.25, 0.3) is 0 Å². The van der Waals surface area contributed by atoms with Gasteiger partial charge in [-0.15, -0.1) is 5.10 Å². The highest BCUT2D eigenvalue weighted by Gasteiger charge is 2.34. The number of hydrazone groups is 1. The SMILES string of the molecule is CCOc1ccc(C2OC(c3cc(OC)c(OC)c(OC)c3)=NN2C(C)=O)cc1. The normalized spacial score (nSPS) is 15.4. The number of benzene rings is 2. The number of methoxy groups -OCH3 is 3. The summed E-state index contributed by atoms with van der Waals surface area (Å²) in [6.45, 7) is 3.93. The minimum absolute atomic E-state index is 0.244. The predicted octanol–water partition coefficient (Wildman–Crippen LogP) is 3.35. The van der Waals surface area contributed by atoms with Gasteiger partial charge in [-0.05, 0) is 43.3 Å². The van der Waals surface area contributed by atoms with E-state index in [2.05, 4.69) is 5.10 Å². The summed E-state index contributed by atoms with van der Waals surface area (Å²) in [5.74, 6) is 2.17. The first-order valence-electron chi connectivity index (χ1n) is 9.10. The molecule has 0 fully saturated rings. The van der Waals surface area contributed by atoms with Crippen molar-refractivity contribution in [2.45, 2.75) is 20.1 Å². The number of nitrogens with zero attached hydrogens (tertiary/aromatic N) is 2. The molecule has 0 radical (unpaired) electrons. The minimum Gasteiger partial charge on any atom is -0.494 e. The number of ether oxygens (including phenoxy) is 5. The van der Waals surface area contributed by atoms with Gasteiger partial charge in [-0.25, -0.2) is 0 Å². The van der Waals surface area contributed by atoms with E-state index < -0.39 is 6.23 Å². The van der Waals surface area contributed by atoms with Gasteiger partial charge in [0, 0.05) is 18.1 Å². The minimum atomic E-state index is -0.683. The van der Waals surface area contributed by atoms with Gasteiger partial charge >= 0.3 is 0 Å². The number of carbonyl (C=O) groups excluding carboxylic acids is 1. The van der Waals surface area contributed by atoms with Crippen LogP contribution in [-0.4, -0.2) is 44.8 Å². The van der Waals surface area contributed by atoms with Crippen LogP contribution in [0, 0.1) is 0 Å². The Bertz CT molecular complexity index is 885. The number of hydrogen-bond acceptors (Lipinski definition) is 7. The third-order valence-electron chi connectivity index (χ3n) is 4.35. The van der Waals surface area contributed by atoms with Gasteiger partial charge in [0.2, 0.25) is 23.8 Å². The lowest BCUT2D eigenvalue weighted by Gasteiger charge is -2.19. The van der Waals surface area contributed by atoms with Crippen molar-refractivity contribution in [3.63, 3.8) is 0 Å². The zero-order chi connectivity index (χ0) is 21.0. The smallest absolute Gasteiger partial charge is 0.243 e. The number of amides is 1. The molecule has 8 nitrogen and oxygen atoms in total. The molecule has 0 aromatic heterocycles. The summed E-state index contributed by atoms with van der Waals surface area (Å²) >= 11 is 0. The van der Waals surface area contributed by atoms with Crippen LogP contribution >= 0.6 is 0 Å². The Balaban J connectivity index is 1.95. The molecule has 154 valence electrons. The van der Waals surface area contributed by atoms with Crippen molar-refractivity contribution in [1.29, 1.82) is 0 Å². The zero-order valence-electron chi connectivity index (χ0n) is 17.1. The van der Waals surface area contributed by atoms with E-state index in [1.807, 2.05) is 31.2 Å². The first-order valence-corrected chi connectivity index (χ1v) is 9.10. The molecule has 1 aliphatic heterocycles. The van der Waals surface area contributed by atoms with Crippen LogP contribution in [0.15, 0.2) is 41.5 Å². The lowest BCUT2D eigenvalue weighted by molar-refractivity contribution is -0.135. The van der Waals surface area contributed by atoms with E-state index >= 15 is 0 Å². The third-order valence-corrected chi connectivity index (χ3v) is 4.35. The summed E-state index contributed by atoms with van der Waals surface area (Å²) < 4.78 is 27.6. The maximum absolute atomic E-state index is 12.2. The topological polar surface area (TPSA) is 78.8 Å². The van der Waals surface area contributed by atoms with Gasteiger partial charge < -0.3 is 23.7 Å². The molecule has 1 unspecified atom stereocenters. The second-order valence-electron chi connectivity index (χ2n) is 6.16. The van der Waals surface area contributed by atoms with E-state index in [9.17, 15) is 4.79 Å². The fourth-order valence-electron chi connectivity index (χ4n) is 3.00. The Labute approximate surface area is 169 Å². The molecular weight excluding hydrogens is 376 g/mol. The zero-order valence-corrected chi connectivity index (χ0v) is 17.1. The molecule has 0 N–H and O–H groups in total. The largest absolute Gasteiger partial charge is 0.494 e. The van der Waals surface area contributed by atoms with Crippen LogP contribution < -0.4 is 18.9 Å². The van der Waals surface area contributed by atoms with Crippen LogP contribution in [0.1, 0.15) is 31.2 Å². The predicted molar refractivity (Wildman–Crippen MR) is 107 cm³/mol. The molecule has 0 bridgehead atoms. The van der Waals surface area contributed by atoms with E-state index in [4.69, 9.17) is 23.7 Å². The Kier molecular flexibility index (Phi) is 6.11. The molecule has 3 rings (SSSR count). The second kappa shape index (κ2) is 8.72. The molecular formula is C21H24N2O6. The van der Waals surface area contributed by atoms with Gasteiger partial charge in [-0.1, -0.05) is 0 Å². The molecule has 1 heterocycles. The molecule has 0 saturated heterocycles. The molecule has 0 aliphatic carbocycles. The van der Waals surface area contributed by atoms with Gasteiger partial charge in [0.25, 0.3) is 0 Å². The van der Waals surface area contributed by atoms with Crippen molar-refractivity contribution in [1.82, 2.24) is 5.01 Å². The Morgan fingerprint density at radius 2 is 1.69 bits per heavy atom. The van der Waals surface area contributed by atoms with Gasteiger partial charge in [0.15, 0.2) is 11.5 Å². The molecule has 1 atom stereocenters. The lowest BCUT2D eigenvalue weighted by Crippen LogP contribution is -2.25. The monoisotopic (exact) mass is 400 g/mol. The molecule has 1 amide bonds. The second-order valence-corrected chi connectivity index (χ2v) is 6.16. The maximum Gasteiger partial charge on any atom is 0.243 e. The Morgan fingerprint density at radius 1 is 1.07 bits per heavy atom. The molecule has 8 heteroatoms. The van der Waals surface area contributed by atoms with E-state index in [-0.39, 0.29) is 11.8 Å². The van der Waals surface area contributed by atoms with Crippen LogP contribution in [0.2, 0.25) is 0 Å². The fraction of sp³-hybridized carbons (Fsp3) is 0.333. The first-order chi connectivity index (χ1) is 14.0. The Hall–Kier alpha value is -3.42. The standard InChI is InChI=1S/C21H24N2O6/c1-6-28-16-9-7-14(8-10-16)21-23(13(2)24)22-20(29-21)15-11-17(25-3)19(27-5)18(12-15)26-4/h7-12,21H,6H2,1-5H3. The highest BCUT2D eigenvalue weighted by molar-refractivity contribution is 5.97. The average molecular weight is 400 g/mol. The van der Waals surface area contributed by atoms with E-state index in [0.717, 1.165) is 11.3 Å². The van der Waals surface area contributed by atoms with Crippen LogP contribution in [0.4, 0.5) is 0 Å². The molecule has 2 aromatic carbocycles. The summed E-state index contributed by atoms with van der Waals surface area (Å²) in [6, 6.07) is 10.8. The maximum atomic E-state index is 12.2. The number of hydrogen-bond donors (Lipinski definition) is 0. The van der Waals surface area contributed by atoms with Crippen molar-refractivity contribution < 1.29 is 28.5 Å². The van der Waals surface area contributed by atoms with Crippen molar-refractivity contribution >= 4 is 11.8 Å². The van der Waals surface area contributed by atoms with Gasteiger partial charge in [0.05, 0.1) is 27.9 Å². The third kappa shape index (κ3) is 4.06. The highest BCUT2D eigenvalue weighted by atomic mass is 16.5. The van der Waals surface area contributed by atoms with Crippen molar-refractivity contribution in [2.75, 3.05) is 27.9 Å². The summed E-state index contributed by atoms with van der Waals surface area (Å²) in [7, 11) is 4.59. The van der Waals surface area contributed by atoms with Gasteiger partial charge in [0.1, 0.15) is 5.75 Å². The number of rotatable bonds is 7. The fourth-order valence-corrected chi connectivity index (χ4v) is 3.00. The van der Waals surface area contributed by atoms with Gasteiger partial charge in [-0.2, -0.15) is 5.01 Å². The molecule has 2 aromatic rings. The molecule has 1 aliphatic rings. The van der Waals surface area contributed by atoms with Gasteiger partial charge in [-0.3, -0.25) is 4.79 Å². The first kappa shape index (κ1) is 20.3. The Morgan fingerprint density at radius 3 is 2.17 bits per heavy atom. The van der Waals surface area contributed by atoms with Crippen molar-refractivity contribution in [2.24, 2.45) is 5.10 Å². The highest BCUT2D eigenvalue weighted by Crippen LogP contribution is 2.40.